The summed E-state index contributed by atoms with van der Waals surface area (Å²) in [4.78, 5) is 4.32. The standard InChI is InChI=1S/C16H15NO3/c1-10-3-4-11(2)14(7-10)19-9-16-17-13-6-5-12(18)8-15(13)20-16/h3-8,18H,9H2,1-2H3. The Hall–Kier alpha value is -2.49. The van der Waals surface area contributed by atoms with E-state index in [1.165, 1.54) is 0 Å². The summed E-state index contributed by atoms with van der Waals surface area (Å²) in [6.45, 7) is 4.28. The first kappa shape index (κ1) is 12.5. The maximum Gasteiger partial charge on any atom is 0.233 e. The number of nitrogens with zero attached hydrogens (tertiary/aromatic N) is 1. The first-order valence-electron chi connectivity index (χ1n) is 6.40. The van der Waals surface area contributed by atoms with Crippen LogP contribution in [-0.2, 0) is 6.61 Å². The summed E-state index contributed by atoms with van der Waals surface area (Å²) < 4.78 is 11.3. The predicted octanol–water partition coefficient (Wildman–Crippen LogP) is 3.73. The minimum Gasteiger partial charge on any atom is -0.508 e. The van der Waals surface area contributed by atoms with Crippen LogP contribution in [-0.4, -0.2) is 10.1 Å². The monoisotopic (exact) mass is 269 g/mol. The molecule has 0 fully saturated rings. The van der Waals surface area contributed by atoms with E-state index in [-0.39, 0.29) is 12.4 Å². The van der Waals surface area contributed by atoms with Crippen molar-refractivity contribution in [3.05, 3.63) is 53.4 Å². The van der Waals surface area contributed by atoms with E-state index in [1.54, 1.807) is 18.2 Å². The van der Waals surface area contributed by atoms with Gasteiger partial charge in [-0.05, 0) is 43.2 Å². The van der Waals surface area contributed by atoms with Gasteiger partial charge in [-0.2, -0.15) is 0 Å². The molecule has 2 aromatic carbocycles. The smallest absolute Gasteiger partial charge is 0.233 e. The van der Waals surface area contributed by atoms with Crippen LogP contribution in [0, 0.1) is 13.8 Å². The molecule has 20 heavy (non-hydrogen) atoms. The normalized spacial score (nSPS) is 10.9. The number of hydrogen-bond donors (Lipinski definition) is 1. The van der Waals surface area contributed by atoms with E-state index < -0.39 is 0 Å². The summed E-state index contributed by atoms with van der Waals surface area (Å²) in [5.74, 6) is 1.48. The van der Waals surface area contributed by atoms with Gasteiger partial charge in [0.15, 0.2) is 12.2 Å². The fourth-order valence-corrected chi connectivity index (χ4v) is 2.03. The first-order chi connectivity index (χ1) is 9.61. The van der Waals surface area contributed by atoms with Gasteiger partial charge in [-0.1, -0.05) is 12.1 Å². The van der Waals surface area contributed by atoms with Crippen molar-refractivity contribution in [1.29, 1.82) is 0 Å². The van der Waals surface area contributed by atoms with Crippen molar-refractivity contribution in [2.45, 2.75) is 20.5 Å². The average molecular weight is 269 g/mol. The van der Waals surface area contributed by atoms with Crippen molar-refractivity contribution in [2.24, 2.45) is 0 Å². The molecule has 0 saturated heterocycles. The highest BCUT2D eigenvalue weighted by Crippen LogP contribution is 2.23. The van der Waals surface area contributed by atoms with Crippen LogP contribution in [0.4, 0.5) is 0 Å². The third kappa shape index (κ3) is 2.45. The number of aryl methyl sites for hydroxylation is 2. The maximum absolute atomic E-state index is 9.40. The fraction of sp³-hybridized carbons (Fsp3) is 0.188. The fourth-order valence-electron chi connectivity index (χ4n) is 2.03. The number of phenolic OH excluding ortho intramolecular Hbond substituents is 1. The molecule has 4 nitrogen and oxygen atoms in total. The van der Waals surface area contributed by atoms with Crippen LogP contribution in [0.5, 0.6) is 11.5 Å². The Bertz CT molecular complexity index is 762. The molecule has 1 N–H and O–H groups in total. The second kappa shape index (κ2) is 4.89. The van der Waals surface area contributed by atoms with Crippen LogP contribution >= 0.6 is 0 Å². The zero-order valence-electron chi connectivity index (χ0n) is 11.4. The molecule has 0 saturated carbocycles. The molecule has 1 heterocycles. The van der Waals surface area contributed by atoms with Gasteiger partial charge in [0.25, 0.3) is 0 Å². The molecule has 0 aliphatic heterocycles. The van der Waals surface area contributed by atoms with Gasteiger partial charge >= 0.3 is 0 Å². The highest BCUT2D eigenvalue weighted by molar-refractivity contribution is 5.74. The molecule has 0 spiro atoms. The number of fused-ring (bicyclic) bond motifs is 1. The third-order valence-electron chi connectivity index (χ3n) is 3.11. The molecule has 3 rings (SSSR count). The number of hydrogen-bond acceptors (Lipinski definition) is 4. The lowest BCUT2D eigenvalue weighted by Crippen LogP contribution is -1.97. The van der Waals surface area contributed by atoms with Crippen LogP contribution in [0.15, 0.2) is 40.8 Å². The SMILES string of the molecule is Cc1ccc(C)c(OCc2nc3ccc(O)cc3o2)c1. The van der Waals surface area contributed by atoms with Crippen molar-refractivity contribution in [3.63, 3.8) is 0 Å². The molecular weight excluding hydrogens is 254 g/mol. The molecule has 0 aliphatic carbocycles. The molecule has 0 unspecified atom stereocenters. The molecule has 1 aromatic heterocycles. The zero-order valence-corrected chi connectivity index (χ0v) is 11.4. The summed E-state index contributed by atoms with van der Waals surface area (Å²) >= 11 is 0. The van der Waals surface area contributed by atoms with Gasteiger partial charge in [-0.25, -0.2) is 4.98 Å². The Labute approximate surface area is 116 Å². The highest BCUT2D eigenvalue weighted by atomic mass is 16.5. The molecule has 4 heteroatoms. The number of aromatic nitrogens is 1. The number of ether oxygens (including phenoxy) is 1. The van der Waals surface area contributed by atoms with Crippen molar-refractivity contribution in [3.8, 4) is 11.5 Å². The number of rotatable bonds is 3. The summed E-state index contributed by atoms with van der Waals surface area (Å²) in [5, 5.41) is 9.40. The van der Waals surface area contributed by atoms with Crippen molar-refractivity contribution >= 4 is 11.1 Å². The van der Waals surface area contributed by atoms with Crippen LogP contribution in [0.2, 0.25) is 0 Å². The summed E-state index contributed by atoms with van der Waals surface area (Å²) in [6, 6.07) is 10.9. The summed E-state index contributed by atoms with van der Waals surface area (Å²) in [6.07, 6.45) is 0. The Balaban J connectivity index is 1.81. The maximum atomic E-state index is 9.40. The largest absolute Gasteiger partial charge is 0.508 e. The summed E-state index contributed by atoms with van der Waals surface area (Å²) in [7, 11) is 0. The Morgan fingerprint density at radius 3 is 2.85 bits per heavy atom. The molecule has 102 valence electrons. The molecule has 0 aliphatic rings. The molecule has 0 radical (unpaired) electrons. The Morgan fingerprint density at radius 1 is 1.15 bits per heavy atom. The molecule has 0 bridgehead atoms. The van der Waals surface area contributed by atoms with Gasteiger partial charge in [0.05, 0.1) is 0 Å². The highest BCUT2D eigenvalue weighted by Gasteiger charge is 2.08. The number of aromatic hydroxyl groups is 1. The Morgan fingerprint density at radius 2 is 2.00 bits per heavy atom. The lowest BCUT2D eigenvalue weighted by atomic mass is 10.1. The lowest BCUT2D eigenvalue weighted by molar-refractivity contribution is 0.265. The quantitative estimate of drug-likeness (QED) is 0.787. The van der Waals surface area contributed by atoms with E-state index >= 15 is 0 Å². The molecule has 0 atom stereocenters. The molecule has 3 aromatic rings. The van der Waals surface area contributed by atoms with Gasteiger partial charge < -0.3 is 14.3 Å². The lowest BCUT2D eigenvalue weighted by Gasteiger charge is -2.07. The Kier molecular flexibility index (Phi) is 3.06. The van der Waals surface area contributed by atoms with E-state index in [9.17, 15) is 5.11 Å². The third-order valence-corrected chi connectivity index (χ3v) is 3.11. The number of oxazole rings is 1. The van der Waals surface area contributed by atoms with Crippen LogP contribution in [0.3, 0.4) is 0 Å². The van der Waals surface area contributed by atoms with Gasteiger partial charge in [0, 0.05) is 6.07 Å². The van der Waals surface area contributed by atoms with Crippen molar-refractivity contribution in [2.75, 3.05) is 0 Å². The average Bonchev–Trinajstić information content (AvgIpc) is 2.81. The van der Waals surface area contributed by atoms with Gasteiger partial charge in [0.2, 0.25) is 5.89 Å². The van der Waals surface area contributed by atoms with E-state index in [1.807, 2.05) is 32.0 Å². The second-order valence-electron chi connectivity index (χ2n) is 4.82. The number of phenols is 1. The van der Waals surface area contributed by atoms with Gasteiger partial charge in [-0.15, -0.1) is 0 Å². The van der Waals surface area contributed by atoms with Crippen molar-refractivity contribution in [1.82, 2.24) is 4.98 Å². The molecule has 0 amide bonds. The molecular formula is C16H15NO3. The van der Waals surface area contributed by atoms with E-state index in [4.69, 9.17) is 9.15 Å². The summed E-state index contributed by atoms with van der Waals surface area (Å²) in [5.41, 5.74) is 3.49. The zero-order chi connectivity index (χ0) is 14.1. The van der Waals surface area contributed by atoms with Gasteiger partial charge in [0.1, 0.15) is 17.0 Å². The van der Waals surface area contributed by atoms with Crippen LogP contribution in [0.1, 0.15) is 17.0 Å². The number of benzene rings is 2. The van der Waals surface area contributed by atoms with Crippen molar-refractivity contribution < 1.29 is 14.3 Å². The van der Waals surface area contributed by atoms with E-state index in [0.29, 0.717) is 17.0 Å². The minimum absolute atomic E-state index is 0.163. The minimum atomic E-state index is 0.163. The first-order valence-corrected chi connectivity index (χ1v) is 6.40. The van der Waals surface area contributed by atoms with Gasteiger partial charge in [-0.3, -0.25) is 0 Å². The van der Waals surface area contributed by atoms with Crippen LogP contribution in [0.25, 0.3) is 11.1 Å². The van der Waals surface area contributed by atoms with E-state index in [0.717, 1.165) is 16.9 Å². The predicted molar refractivity (Wildman–Crippen MR) is 75.9 cm³/mol. The van der Waals surface area contributed by atoms with Crippen LogP contribution < -0.4 is 4.74 Å². The topological polar surface area (TPSA) is 55.5 Å². The van der Waals surface area contributed by atoms with E-state index in [2.05, 4.69) is 4.98 Å². The second-order valence-corrected chi connectivity index (χ2v) is 4.82.